The normalized spacial score (nSPS) is 19.2. The van der Waals surface area contributed by atoms with E-state index in [1.165, 1.54) is 114 Å². The van der Waals surface area contributed by atoms with Gasteiger partial charge in [0.05, 0.1) is 0 Å². The molecule has 2 fully saturated rings. The van der Waals surface area contributed by atoms with Crippen LogP contribution < -0.4 is 0 Å². The maximum absolute atomic E-state index is 10.7. The molecule has 0 aliphatic heterocycles. The fraction of sp³-hybridized carbons (Fsp3) is 0.500. The van der Waals surface area contributed by atoms with Crippen molar-refractivity contribution in [2.45, 2.75) is 152 Å². The number of hydrogen-bond donors (Lipinski definition) is 4. The Bertz CT molecular complexity index is 1470. The molecule has 2 aliphatic rings. The molecule has 0 aromatic heterocycles. The first kappa shape index (κ1) is 39.3. The van der Waals surface area contributed by atoms with Crippen molar-refractivity contribution in [3.8, 4) is 23.0 Å². The third-order valence-electron chi connectivity index (χ3n) is 12.1. The third-order valence-corrected chi connectivity index (χ3v) is 12.1. The van der Waals surface area contributed by atoms with Gasteiger partial charge in [-0.25, -0.2) is 0 Å². The lowest BCUT2D eigenvalue weighted by Crippen LogP contribution is -2.28. The van der Waals surface area contributed by atoms with Crippen LogP contribution in [0, 0.1) is 0 Å². The van der Waals surface area contributed by atoms with Crippen molar-refractivity contribution in [3.63, 3.8) is 0 Å². The van der Waals surface area contributed by atoms with Crippen molar-refractivity contribution >= 4 is 0 Å². The molecule has 0 amide bonds. The Morgan fingerprint density at radius 3 is 0.865 bits per heavy atom. The summed E-state index contributed by atoms with van der Waals surface area (Å²) in [7, 11) is 0. The lowest BCUT2D eigenvalue weighted by Gasteiger charge is -2.36. The van der Waals surface area contributed by atoms with Gasteiger partial charge in [-0.1, -0.05) is 176 Å². The molecular formula is C48H64O4. The van der Waals surface area contributed by atoms with Gasteiger partial charge in [-0.3, -0.25) is 0 Å². The molecule has 2 saturated carbocycles. The molecule has 0 spiro atoms. The van der Waals surface area contributed by atoms with E-state index in [2.05, 4.69) is 24.3 Å². The maximum Gasteiger partial charge on any atom is 0.119 e. The number of phenolic OH excluding ortho intramolecular Hbond substituents is 4. The van der Waals surface area contributed by atoms with Crippen LogP contribution in [0.1, 0.15) is 164 Å². The highest BCUT2D eigenvalue weighted by Gasteiger charge is 2.37. The Balaban J connectivity index is 0.000000201. The summed E-state index contributed by atoms with van der Waals surface area (Å²) in [6.45, 7) is 0. The molecule has 280 valence electrons. The Labute approximate surface area is 314 Å². The number of rotatable bonds is 4. The van der Waals surface area contributed by atoms with E-state index in [1.807, 2.05) is 60.7 Å². The van der Waals surface area contributed by atoms with Gasteiger partial charge in [0.2, 0.25) is 0 Å². The van der Waals surface area contributed by atoms with Crippen molar-refractivity contribution in [3.05, 3.63) is 119 Å². The molecular weight excluding hydrogens is 641 g/mol. The molecule has 4 nitrogen and oxygen atoms in total. The first-order valence-electron chi connectivity index (χ1n) is 20.6. The fourth-order valence-electron chi connectivity index (χ4n) is 9.18. The SMILES string of the molecule is Oc1ccc(C2(c3ccc(O)cc3)CCCCCCCCCCC2)cc1.Oc1ccccc1C1(c2ccccc2O)CCCCCCCCCCC1. The first-order chi connectivity index (χ1) is 25.4. The van der Waals surface area contributed by atoms with Crippen LogP contribution in [0.25, 0.3) is 0 Å². The second-order valence-electron chi connectivity index (χ2n) is 15.7. The van der Waals surface area contributed by atoms with E-state index in [-0.39, 0.29) is 10.8 Å². The molecule has 4 heteroatoms. The van der Waals surface area contributed by atoms with Crippen LogP contribution in [-0.2, 0) is 10.8 Å². The topological polar surface area (TPSA) is 80.9 Å². The molecule has 4 aromatic carbocycles. The van der Waals surface area contributed by atoms with E-state index in [9.17, 15) is 20.4 Å². The molecule has 6 rings (SSSR count). The standard InChI is InChI=1S/2C24H32O2/c25-22-16-10-8-14-20(22)24(21-15-9-11-17-23(21)26)18-12-6-4-2-1-3-5-7-13-19-24;25-22-14-10-20(11-15-22)24(21-12-16-23(26)17-13-21)18-8-6-4-2-1-3-5-7-9-19-24/h8-11,14-17,25-26H,1-7,12-13,18-19H2;10-17,25-26H,1-9,18-19H2. The van der Waals surface area contributed by atoms with Crippen molar-refractivity contribution < 1.29 is 20.4 Å². The minimum atomic E-state index is -0.310. The van der Waals surface area contributed by atoms with E-state index in [0.29, 0.717) is 23.0 Å². The van der Waals surface area contributed by atoms with Crippen molar-refractivity contribution in [2.24, 2.45) is 0 Å². The van der Waals surface area contributed by atoms with E-state index >= 15 is 0 Å². The predicted molar refractivity (Wildman–Crippen MR) is 216 cm³/mol. The largest absolute Gasteiger partial charge is 0.508 e. The number of para-hydroxylation sites is 2. The van der Waals surface area contributed by atoms with Crippen molar-refractivity contribution in [1.82, 2.24) is 0 Å². The zero-order valence-corrected chi connectivity index (χ0v) is 31.6. The maximum atomic E-state index is 10.7. The molecule has 0 radical (unpaired) electrons. The van der Waals surface area contributed by atoms with E-state index < -0.39 is 0 Å². The van der Waals surface area contributed by atoms with Gasteiger partial charge in [0.15, 0.2) is 0 Å². The average molecular weight is 705 g/mol. The van der Waals surface area contributed by atoms with Crippen LogP contribution in [0.5, 0.6) is 23.0 Å². The molecule has 0 heterocycles. The van der Waals surface area contributed by atoms with Gasteiger partial charge in [-0.05, 0) is 73.2 Å². The van der Waals surface area contributed by atoms with Gasteiger partial charge < -0.3 is 20.4 Å². The summed E-state index contributed by atoms with van der Waals surface area (Å²) < 4.78 is 0. The fourth-order valence-corrected chi connectivity index (χ4v) is 9.18. The van der Waals surface area contributed by atoms with Crippen molar-refractivity contribution in [2.75, 3.05) is 0 Å². The quantitative estimate of drug-likeness (QED) is 0.170. The van der Waals surface area contributed by atoms with Gasteiger partial charge in [-0.15, -0.1) is 0 Å². The van der Waals surface area contributed by atoms with Crippen LogP contribution >= 0.6 is 0 Å². The monoisotopic (exact) mass is 704 g/mol. The summed E-state index contributed by atoms with van der Waals surface area (Å²) >= 11 is 0. The Kier molecular flexibility index (Phi) is 15.4. The lowest BCUT2D eigenvalue weighted by molar-refractivity contribution is 0.351. The lowest BCUT2D eigenvalue weighted by atomic mass is 9.67. The summed E-state index contributed by atoms with van der Waals surface area (Å²) in [5.74, 6) is 1.34. The zero-order valence-electron chi connectivity index (χ0n) is 31.6. The van der Waals surface area contributed by atoms with Gasteiger partial charge >= 0.3 is 0 Å². The minimum Gasteiger partial charge on any atom is -0.508 e. The first-order valence-corrected chi connectivity index (χ1v) is 20.6. The molecule has 0 bridgehead atoms. The molecule has 0 unspecified atom stereocenters. The van der Waals surface area contributed by atoms with Crippen LogP contribution in [0.2, 0.25) is 0 Å². The third kappa shape index (κ3) is 10.6. The summed E-state index contributed by atoms with van der Waals surface area (Å²) in [5, 5.41) is 40.9. The smallest absolute Gasteiger partial charge is 0.119 e. The highest BCUT2D eigenvalue weighted by Crippen LogP contribution is 2.48. The van der Waals surface area contributed by atoms with Crippen LogP contribution in [0.15, 0.2) is 97.1 Å². The summed E-state index contributed by atoms with van der Waals surface area (Å²) in [4.78, 5) is 0. The highest BCUT2D eigenvalue weighted by atomic mass is 16.3. The second-order valence-corrected chi connectivity index (χ2v) is 15.7. The summed E-state index contributed by atoms with van der Waals surface area (Å²) in [6, 6.07) is 31.1. The van der Waals surface area contributed by atoms with E-state index in [4.69, 9.17) is 0 Å². The molecule has 0 atom stereocenters. The molecule has 0 saturated heterocycles. The Morgan fingerprint density at radius 1 is 0.288 bits per heavy atom. The minimum absolute atomic E-state index is 0.0272. The van der Waals surface area contributed by atoms with Crippen molar-refractivity contribution in [1.29, 1.82) is 0 Å². The number of aromatic hydroxyl groups is 4. The predicted octanol–water partition coefficient (Wildman–Crippen LogP) is 13.4. The number of hydrogen-bond acceptors (Lipinski definition) is 4. The van der Waals surface area contributed by atoms with Crippen LogP contribution in [-0.4, -0.2) is 20.4 Å². The summed E-state index contributed by atoms with van der Waals surface area (Å²) in [6.07, 6.45) is 27.3. The summed E-state index contributed by atoms with van der Waals surface area (Å²) in [5.41, 5.74) is 4.18. The Hall–Kier alpha value is -3.92. The molecule has 2 aliphatic carbocycles. The molecule has 52 heavy (non-hydrogen) atoms. The number of benzene rings is 4. The van der Waals surface area contributed by atoms with Gasteiger partial charge in [0.25, 0.3) is 0 Å². The van der Waals surface area contributed by atoms with Gasteiger partial charge in [-0.2, -0.15) is 0 Å². The van der Waals surface area contributed by atoms with Gasteiger partial charge in [0.1, 0.15) is 23.0 Å². The number of phenols is 4. The van der Waals surface area contributed by atoms with E-state index in [0.717, 1.165) is 49.7 Å². The van der Waals surface area contributed by atoms with Gasteiger partial charge in [0, 0.05) is 22.0 Å². The van der Waals surface area contributed by atoms with Crippen LogP contribution in [0.3, 0.4) is 0 Å². The van der Waals surface area contributed by atoms with E-state index in [1.54, 1.807) is 12.1 Å². The molecule has 4 aromatic rings. The zero-order chi connectivity index (χ0) is 36.5. The molecule has 4 N–H and O–H groups in total. The second kappa shape index (κ2) is 20.4. The highest BCUT2D eigenvalue weighted by molar-refractivity contribution is 5.51. The van der Waals surface area contributed by atoms with Crippen LogP contribution in [0.4, 0.5) is 0 Å². The average Bonchev–Trinajstić information content (AvgIpc) is 3.14. The Morgan fingerprint density at radius 2 is 0.558 bits per heavy atom.